The van der Waals surface area contributed by atoms with E-state index in [9.17, 15) is 4.79 Å². The summed E-state index contributed by atoms with van der Waals surface area (Å²) in [6.45, 7) is 4.16. The molecule has 0 aliphatic carbocycles. The first kappa shape index (κ1) is 14.8. The monoisotopic (exact) mass is 310 g/mol. The van der Waals surface area contributed by atoms with Crippen LogP contribution in [0.4, 0.5) is 5.13 Å². The highest BCUT2D eigenvalue weighted by atomic mass is 35.5. The number of thiazole rings is 1. The summed E-state index contributed by atoms with van der Waals surface area (Å²) in [5.74, 6) is 0.584. The fourth-order valence-corrected chi connectivity index (χ4v) is 2.62. The Hall–Kier alpha value is -1.59. The molecule has 0 fully saturated rings. The van der Waals surface area contributed by atoms with Gasteiger partial charge in [-0.05, 0) is 24.1 Å². The average molecular weight is 311 g/mol. The highest BCUT2D eigenvalue weighted by molar-refractivity contribution is 7.15. The van der Waals surface area contributed by atoms with Gasteiger partial charge in [-0.2, -0.15) is 0 Å². The van der Waals surface area contributed by atoms with Gasteiger partial charge in [-0.25, -0.2) is 4.98 Å². The van der Waals surface area contributed by atoms with Crippen LogP contribution in [-0.2, 0) is 0 Å². The molecule has 1 aromatic heterocycles. The highest BCUT2D eigenvalue weighted by Gasteiger charge is 2.15. The van der Waals surface area contributed by atoms with Gasteiger partial charge in [0.1, 0.15) is 5.75 Å². The van der Waals surface area contributed by atoms with Crippen molar-refractivity contribution in [1.29, 1.82) is 0 Å². The molecule has 0 saturated carbocycles. The molecule has 0 radical (unpaired) electrons. The van der Waals surface area contributed by atoms with Crippen molar-refractivity contribution in [3.63, 3.8) is 0 Å². The van der Waals surface area contributed by atoms with Crippen molar-refractivity contribution in [3.8, 4) is 5.75 Å². The van der Waals surface area contributed by atoms with Gasteiger partial charge in [0.2, 0.25) is 0 Å². The third-order valence-corrected chi connectivity index (χ3v) is 4.17. The molecule has 1 aromatic carbocycles. The van der Waals surface area contributed by atoms with Crippen molar-refractivity contribution in [2.24, 2.45) is 0 Å². The molecule has 106 valence electrons. The zero-order valence-electron chi connectivity index (χ0n) is 11.4. The summed E-state index contributed by atoms with van der Waals surface area (Å²) in [6.07, 6.45) is 1.78. The third kappa shape index (κ3) is 3.29. The fourth-order valence-electron chi connectivity index (χ4n) is 1.63. The molecule has 2 rings (SSSR count). The van der Waals surface area contributed by atoms with E-state index in [-0.39, 0.29) is 5.91 Å². The maximum atomic E-state index is 12.2. The van der Waals surface area contributed by atoms with Crippen molar-refractivity contribution in [3.05, 3.63) is 39.9 Å². The van der Waals surface area contributed by atoms with E-state index in [2.05, 4.69) is 24.1 Å². The number of amides is 1. The van der Waals surface area contributed by atoms with Crippen LogP contribution in [0.3, 0.4) is 0 Å². The second-order valence-corrected chi connectivity index (χ2v) is 6.02. The van der Waals surface area contributed by atoms with Crippen LogP contribution in [0.2, 0.25) is 5.02 Å². The number of methoxy groups -OCH3 is 1. The maximum absolute atomic E-state index is 12.2. The van der Waals surface area contributed by atoms with Crippen LogP contribution in [0.1, 0.15) is 35.0 Å². The fraction of sp³-hybridized carbons (Fsp3) is 0.286. The molecule has 1 N–H and O–H groups in total. The van der Waals surface area contributed by atoms with E-state index in [1.54, 1.807) is 24.4 Å². The number of benzene rings is 1. The van der Waals surface area contributed by atoms with Crippen LogP contribution in [0.5, 0.6) is 5.75 Å². The molecule has 0 aliphatic heterocycles. The smallest absolute Gasteiger partial charge is 0.261 e. The summed E-state index contributed by atoms with van der Waals surface area (Å²) in [5.41, 5.74) is 0.390. The Morgan fingerprint density at radius 3 is 2.80 bits per heavy atom. The number of nitrogens with one attached hydrogen (secondary N) is 1. The number of carbonyl (C=O) groups excluding carboxylic acids is 1. The summed E-state index contributed by atoms with van der Waals surface area (Å²) in [6, 6.07) is 4.92. The van der Waals surface area contributed by atoms with E-state index >= 15 is 0 Å². The second kappa shape index (κ2) is 6.24. The number of halogens is 1. The van der Waals surface area contributed by atoms with Gasteiger partial charge in [0.05, 0.1) is 12.7 Å². The average Bonchev–Trinajstić information content (AvgIpc) is 2.87. The topological polar surface area (TPSA) is 51.2 Å². The lowest BCUT2D eigenvalue weighted by Gasteiger charge is -2.08. The maximum Gasteiger partial charge on any atom is 0.261 e. The molecular formula is C14H15ClN2O2S. The first-order valence-corrected chi connectivity index (χ1v) is 7.31. The molecule has 0 bridgehead atoms. The van der Waals surface area contributed by atoms with E-state index in [0.717, 1.165) is 4.88 Å². The summed E-state index contributed by atoms with van der Waals surface area (Å²) in [7, 11) is 1.51. The number of nitrogens with zero attached hydrogens (tertiary/aromatic N) is 1. The minimum absolute atomic E-state index is 0.283. The van der Waals surface area contributed by atoms with Crippen LogP contribution < -0.4 is 10.1 Å². The minimum Gasteiger partial charge on any atom is -0.496 e. The molecule has 1 amide bonds. The molecule has 0 unspecified atom stereocenters. The Morgan fingerprint density at radius 2 is 2.20 bits per heavy atom. The molecule has 0 atom stereocenters. The number of carbonyl (C=O) groups is 1. The minimum atomic E-state index is -0.283. The van der Waals surface area contributed by atoms with Crippen LogP contribution in [-0.4, -0.2) is 18.0 Å². The van der Waals surface area contributed by atoms with Gasteiger partial charge < -0.3 is 4.74 Å². The number of hydrogen-bond donors (Lipinski definition) is 1. The van der Waals surface area contributed by atoms with Gasteiger partial charge in [-0.1, -0.05) is 25.4 Å². The lowest BCUT2D eigenvalue weighted by molar-refractivity contribution is 0.102. The number of aromatic nitrogens is 1. The zero-order valence-corrected chi connectivity index (χ0v) is 13.0. The summed E-state index contributed by atoms with van der Waals surface area (Å²) >= 11 is 7.38. The summed E-state index contributed by atoms with van der Waals surface area (Å²) in [4.78, 5) is 17.6. The highest BCUT2D eigenvalue weighted by Crippen LogP contribution is 2.27. The Labute approximate surface area is 126 Å². The molecule has 0 spiro atoms. The van der Waals surface area contributed by atoms with Gasteiger partial charge in [-0.3, -0.25) is 10.1 Å². The van der Waals surface area contributed by atoms with Crippen molar-refractivity contribution in [1.82, 2.24) is 4.98 Å². The van der Waals surface area contributed by atoms with Crippen LogP contribution in [0.25, 0.3) is 0 Å². The molecule has 6 heteroatoms. The van der Waals surface area contributed by atoms with Crippen molar-refractivity contribution >= 4 is 34.0 Å². The summed E-state index contributed by atoms with van der Waals surface area (Å²) in [5, 5.41) is 3.82. The normalized spacial score (nSPS) is 10.7. The number of ether oxygens (including phenoxy) is 1. The second-order valence-electron chi connectivity index (χ2n) is 4.52. The predicted molar refractivity (Wildman–Crippen MR) is 82.2 cm³/mol. The van der Waals surface area contributed by atoms with Crippen LogP contribution in [0, 0.1) is 0 Å². The van der Waals surface area contributed by atoms with E-state index in [1.165, 1.54) is 18.4 Å². The van der Waals surface area contributed by atoms with Crippen molar-refractivity contribution < 1.29 is 9.53 Å². The Balaban J connectivity index is 2.21. The largest absolute Gasteiger partial charge is 0.496 e. The molecule has 0 saturated heterocycles. The van der Waals surface area contributed by atoms with Gasteiger partial charge in [0, 0.05) is 16.1 Å². The van der Waals surface area contributed by atoms with Crippen LogP contribution in [0.15, 0.2) is 24.4 Å². The quantitative estimate of drug-likeness (QED) is 0.921. The Morgan fingerprint density at radius 1 is 1.45 bits per heavy atom. The number of rotatable bonds is 4. The third-order valence-electron chi connectivity index (χ3n) is 2.72. The molecule has 20 heavy (non-hydrogen) atoms. The van der Waals surface area contributed by atoms with Crippen molar-refractivity contribution in [2.75, 3.05) is 12.4 Å². The standard InChI is InChI=1S/C14H15ClN2O2S/c1-8(2)12-7-16-14(20-12)17-13(18)10-6-9(15)4-5-11(10)19-3/h4-8H,1-3H3,(H,16,17,18). The molecule has 0 aliphatic rings. The summed E-state index contributed by atoms with van der Waals surface area (Å²) < 4.78 is 5.17. The van der Waals surface area contributed by atoms with E-state index in [1.807, 2.05) is 0 Å². The van der Waals surface area contributed by atoms with Gasteiger partial charge >= 0.3 is 0 Å². The first-order valence-electron chi connectivity index (χ1n) is 6.12. The number of hydrogen-bond acceptors (Lipinski definition) is 4. The van der Waals surface area contributed by atoms with E-state index in [4.69, 9.17) is 16.3 Å². The predicted octanol–water partition coefficient (Wildman–Crippen LogP) is 4.18. The zero-order chi connectivity index (χ0) is 14.7. The SMILES string of the molecule is COc1ccc(Cl)cc1C(=O)Nc1ncc(C(C)C)s1. The molecular weight excluding hydrogens is 296 g/mol. The molecule has 2 aromatic rings. The van der Waals surface area contributed by atoms with E-state index < -0.39 is 0 Å². The lowest BCUT2D eigenvalue weighted by Crippen LogP contribution is -2.12. The molecule has 1 heterocycles. The Bertz CT molecular complexity index is 625. The van der Waals surface area contributed by atoms with Gasteiger partial charge in [0.15, 0.2) is 5.13 Å². The van der Waals surface area contributed by atoms with Gasteiger partial charge in [-0.15, -0.1) is 11.3 Å². The molecule has 4 nitrogen and oxygen atoms in total. The van der Waals surface area contributed by atoms with Crippen molar-refractivity contribution in [2.45, 2.75) is 19.8 Å². The Kier molecular flexibility index (Phi) is 4.62. The number of anilines is 1. The van der Waals surface area contributed by atoms with Gasteiger partial charge in [0.25, 0.3) is 5.91 Å². The first-order chi connectivity index (χ1) is 9.51. The lowest BCUT2D eigenvalue weighted by atomic mass is 10.2. The van der Waals surface area contributed by atoms with E-state index in [0.29, 0.717) is 27.4 Å². The van der Waals surface area contributed by atoms with Crippen LogP contribution >= 0.6 is 22.9 Å².